The molecular weight excluding hydrogens is 404 g/mol. The zero-order chi connectivity index (χ0) is 22.3. The summed E-state index contributed by atoms with van der Waals surface area (Å²) in [5, 5.41) is 4.29. The molecule has 2 rings (SSSR count). The summed E-state index contributed by atoms with van der Waals surface area (Å²) in [6, 6.07) is 5.69. The van der Waals surface area contributed by atoms with Gasteiger partial charge in [-0.25, -0.2) is 4.79 Å². The molecule has 1 unspecified atom stereocenters. The normalized spacial score (nSPS) is 19.7. The number of esters is 1. The molecule has 164 valence electrons. The number of carbonyl (C=O) groups is 3. The van der Waals surface area contributed by atoms with Gasteiger partial charge in [0.1, 0.15) is 11.8 Å². The molecule has 0 radical (unpaired) electrons. The van der Waals surface area contributed by atoms with Crippen LogP contribution in [0.3, 0.4) is 0 Å². The lowest BCUT2D eigenvalue weighted by Gasteiger charge is -2.48. The Labute approximate surface area is 183 Å². The van der Waals surface area contributed by atoms with Crippen LogP contribution in [0.1, 0.15) is 39.2 Å². The number of nitrogens with zero attached hydrogens (tertiary/aromatic N) is 1. The monoisotopic (exact) mass is 434 g/mol. The van der Waals surface area contributed by atoms with E-state index in [0.29, 0.717) is 18.4 Å². The van der Waals surface area contributed by atoms with Gasteiger partial charge >= 0.3 is 5.97 Å². The van der Waals surface area contributed by atoms with Crippen LogP contribution in [-0.4, -0.2) is 54.5 Å². The van der Waals surface area contributed by atoms with Gasteiger partial charge in [-0.05, 0) is 55.4 Å². The molecule has 1 aromatic rings. The smallest absolute Gasteiger partial charge is 0.333 e. The van der Waals surface area contributed by atoms with Gasteiger partial charge in [0, 0.05) is 6.42 Å². The summed E-state index contributed by atoms with van der Waals surface area (Å²) in [5.74, 6) is -0.227. The third kappa shape index (κ3) is 5.56. The molecule has 1 aliphatic rings. The number of thiol groups is 1. The van der Waals surface area contributed by atoms with Crippen LogP contribution in [0.5, 0.6) is 5.75 Å². The molecule has 30 heavy (non-hydrogen) atoms. The van der Waals surface area contributed by atoms with Crippen molar-refractivity contribution in [2.24, 2.45) is 0 Å². The number of ether oxygens (including phenoxy) is 2. The minimum atomic E-state index is -0.830. The summed E-state index contributed by atoms with van der Waals surface area (Å²) < 4.78 is 10.4. The van der Waals surface area contributed by atoms with E-state index in [1.54, 1.807) is 14.0 Å². The molecule has 1 saturated heterocycles. The van der Waals surface area contributed by atoms with E-state index in [1.165, 1.54) is 10.3 Å². The predicted molar refractivity (Wildman–Crippen MR) is 117 cm³/mol. The van der Waals surface area contributed by atoms with Gasteiger partial charge in [0.2, 0.25) is 11.8 Å². The van der Waals surface area contributed by atoms with Crippen molar-refractivity contribution < 1.29 is 23.9 Å². The van der Waals surface area contributed by atoms with Crippen LogP contribution in [0, 0.1) is 0 Å². The quantitative estimate of drug-likeness (QED) is 0.336. The van der Waals surface area contributed by atoms with E-state index in [2.05, 4.69) is 17.9 Å². The van der Waals surface area contributed by atoms with E-state index in [-0.39, 0.29) is 30.9 Å². The first-order chi connectivity index (χ1) is 14.3. The molecule has 0 bridgehead atoms. The van der Waals surface area contributed by atoms with E-state index in [0.717, 1.165) is 11.3 Å². The lowest BCUT2D eigenvalue weighted by atomic mass is 9.91. The number of likely N-dealkylation sites (tertiary alicyclic amines) is 1. The molecule has 7 nitrogen and oxygen atoms in total. The third-order valence-electron chi connectivity index (χ3n) is 5.14. The molecule has 1 fully saturated rings. The number of amides is 2. The van der Waals surface area contributed by atoms with Crippen molar-refractivity contribution in [1.29, 1.82) is 0 Å². The van der Waals surface area contributed by atoms with E-state index in [1.807, 2.05) is 38.1 Å². The zero-order valence-corrected chi connectivity index (χ0v) is 18.8. The number of benzene rings is 1. The molecule has 0 aromatic heterocycles. The topological polar surface area (TPSA) is 84.9 Å². The van der Waals surface area contributed by atoms with Crippen LogP contribution in [0.15, 0.2) is 35.2 Å². The van der Waals surface area contributed by atoms with Crippen molar-refractivity contribution in [3.63, 3.8) is 0 Å². The fraction of sp³-hybridized carbons (Fsp3) is 0.500. The largest absolute Gasteiger partial charge is 0.497 e. The number of hydrogen-bond acceptors (Lipinski definition) is 6. The van der Waals surface area contributed by atoms with E-state index in [4.69, 9.17) is 9.47 Å². The fourth-order valence-corrected chi connectivity index (χ4v) is 3.50. The maximum Gasteiger partial charge on any atom is 0.333 e. The van der Waals surface area contributed by atoms with Gasteiger partial charge in [0.05, 0.1) is 19.8 Å². The summed E-state index contributed by atoms with van der Waals surface area (Å²) in [5.41, 5.74) is 1.62. The fourth-order valence-electron chi connectivity index (χ4n) is 3.36. The van der Waals surface area contributed by atoms with E-state index < -0.39 is 18.1 Å². The highest BCUT2D eigenvalue weighted by molar-refractivity contribution is 7.83. The number of rotatable bonds is 10. The van der Waals surface area contributed by atoms with Gasteiger partial charge in [-0.3, -0.25) is 9.59 Å². The van der Waals surface area contributed by atoms with Gasteiger partial charge in [-0.1, -0.05) is 19.1 Å². The average Bonchev–Trinajstić information content (AvgIpc) is 2.77. The maximum absolute atomic E-state index is 12.7. The van der Waals surface area contributed by atoms with Gasteiger partial charge in [-0.15, -0.1) is 0 Å². The molecule has 0 spiro atoms. The highest BCUT2D eigenvalue weighted by Crippen LogP contribution is 2.28. The first-order valence-corrected chi connectivity index (χ1v) is 10.6. The Morgan fingerprint density at radius 1 is 1.30 bits per heavy atom. The second kappa shape index (κ2) is 11.1. The zero-order valence-electron chi connectivity index (χ0n) is 17.9. The summed E-state index contributed by atoms with van der Waals surface area (Å²) in [6.07, 6.45) is 1.52. The molecule has 2 amide bonds. The SMILES string of the molecule is CCCOC(=O)C(/C(C)=C\S)N1C(=O)[C@@H](NC(=O)CCc2ccc(OC)cc2)[C@H]1C. The predicted octanol–water partition coefficient (Wildman–Crippen LogP) is 2.50. The molecule has 1 aromatic carbocycles. The van der Waals surface area contributed by atoms with Crippen LogP contribution >= 0.6 is 12.6 Å². The summed E-state index contributed by atoms with van der Waals surface area (Å²) in [6.45, 7) is 5.73. The standard InChI is InChI=1S/C22H30N2O5S/c1-5-12-29-22(27)20(14(2)13-30)24-15(3)19(21(24)26)23-18(25)11-8-16-6-9-17(28-4)10-7-16/h6-7,9-10,13,15,19-20,30H,5,8,11-12H2,1-4H3,(H,23,25)/b14-13-/t15-,19+,20?/m1/s1. The van der Waals surface area contributed by atoms with Crippen LogP contribution in [0.2, 0.25) is 0 Å². The van der Waals surface area contributed by atoms with Crippen LogP contribution < -0.4 is 10.1 Å². The van der Waals surface area contributed by atoms with Crippen LogP contribution in [0.4, 0.5) is 0 Å². The molecule has 0 aliphatic carbocycles. The minimum Gasteiger partial charge on any atom is -0.497 e. The summed E-state index contributed by atoms with van der Waals surface area (Å²) >= 11 is 4.12. The number of nitrogens with one attached hydrogen (secondary N) is 1. The Hall–Kier alpha value is -2.48. The van der Waals surface area contributed by atoms with E-state index in [9.17, 15) is 14.4 Å². The first-order valence-electron chi connectivity index (χ1n) is 10.1. The Morgan fingerprint density at radius 3 is 2.50 bits per heavy atom. The highest BCUT2D eigenvalue weighted by Gasteiger charge is 2.51. The maximum atomic E-state index is 12.7. The van der Waals surface area contributed by atoms with Crippen LogP contribution in [-0.2, 0) is 25.5 Å². The molecule has 0 saturated carbocycles. The highest BCUT2D eigenvalue weighted by atomic mass is 32.1. The van der Waals surface area contributed by atoms with Crippen molar-refractivity contribution in [2.75, 3.05) is 13.7 Å². The molecule has 1 aliphatic heterocycles. The van der Waals surface area contributed by atoms with E-state index >= 15 is 0 Å². The van der Waals surface area contributed by atoms with Crippen molar-refractivity contribution in [3.05, 3.63) is 40.8 Å². The Kier molecular flexibility index (Phi) is 8.77. The molecule has 1 N–H and O–H groups in total. The van der Waals surface area contributed by atoms with Gasteiger partial charge in [-0.2, -0.15) is 12.6 Å². The number of β-lactam (4-membered cyclic amide) rings is 1. The van der Waals surface area contributed by atoms with Crippen molar-refractivity contribution in [3.8, 4) is 5.75 Å². The van der Waals surface area contributed by atoms with Crippen molar-refractivity contribution in [1.82, 2.24) is 10.2 Å². The number of hydrogen-bond donors (Lipinski definition) is 2. The van der Waals surface area contributed by atoms with Gasteiger partial charge in [0.15, 0.2) is 6.04 Å². The molecular formula is C22H30N2O5S. The summed E-state index contributed by atoms with van der Waals surface area (Å²) in [7, 11) is 1.60. The second-order valence-electron chi connectivity index (χ2n) is 7.32. The number of carbonyl (C=O) groups excluding carboxylic acids is 3. The Bertz CT molecular complexity index is 793. The Morgan fingerprint density at radius 2 is 1.97 bits per heavy atom. The lowest BCUT2D eigenvalue weighted by Crippen LogP contribution is -2.73. The molecule has 1 heterocycles. The minimum absolute atomic E-state index is 0.206. The lowest BCUT2D eigenvalue weighted by molar-refractivity contribution is -0.166. The van der Waals surface area contributed by atoms with Crippen molar-refractivity contribution >= 4 is 30.4 Å². The van der Waals surface area contributed by atoms with Crippen molar-refractivity contribution in [2.45, 2.75) is 58.2 Å². The van der Waals surface area contributed by atoms with Crippen LogP contribution in [0.25, 0.3) is 0 Å². The Balaban J connectivity index is 1.94. The second-order valence-corrected chi connectivity index (χ2v) is 7.58. The van der Waals surface area contributed by atoms with Gasteiger partial charge < -0.3 is 19.7 Å². The molecule has 3 atom stereocenters. The number of aryl methyl sites for hydroxylation is 1. The number of methoxy groups -OCH3 is 1. The third-order valence-corrected chi connectivity index (χ3v) is 5.55. The average molecular weight is 435 g/mol. The van der Waals surface area contributed by atoms with Gasteiger partial charge in [0.25, 0.3) is 0 Å². The first kappa shape index (κ1) is 23.8. The molecule has 8 heteroatoms. The summed E-state index contributed by atoms with van der Waals surface area (Å²) in [4.78, 5) is 39.0.